The van der Waals surface area contributed by atoms with Crippen molar-refractivity contribution >= 4 is 23.8 Å². The molecule has 0 radical (unpaired) electrons. The van der Waals surface area contributed by atoms with Crippen LogP contribution in [0.4, 0.5) is 4.79 Å². The zero-order valence-corrected chi connectivity index (χ0v) is 25.1. The Morgan fingerprint density at radius 3 is 1.55 bits per heavy atom. The Morgan fingerprint density at radius 1 is 0.705 bits per heavy atom. The predicted octanol–water partition coefficient (Wildman–Crippen LogP) is 8.09. The minimum atomic E-state index is -1.20. The quantitative estimate of drug-likeness (QED) is 0.159. The first kappa shape index (κ1) is 29.3. The van der Waals surface area contributed by atoms with Crippen molar-refractivity contribution in [2.45, 2.75) is 28.9 Å². The Morgan fingerprint density at radius 2 is 1.11 bits per heavy atom. The fourth-order valence-electron chi connectivity index (χ4n) is 6.22. The highest BCUT2D eigenvalue weighted by atomic mass is 32.2. The van der Waals surface area contributed by atoms with E-state index in [1.807, 2.05) is 85.8 Å². The molecule has 0 heterocycles. The number of hydrogen-bond acceptors (Lipinski definition) is 4. The van der Waals surface area contributed by atoms with E-state index in [1.165, 1.54) is 11.8 Å². The lowest BCUT2D eigenvalue weighted by atomic mass is 9.84. The maximum absolute atomic E-state index is 13.2. The molecule has 1 amide bonds. The van der Waals surface area contributed by atoms with Crippen LogP contribution in [0.3, 0.4) is 0 Å². The zero-order chi connectivity index (χ0) is 30.5. The van der Waals surface area contributed by atoms with Crippen molar-refractivity contribution in [2.75, 3.05) is 6.61 Å². The minimum absolute atomic E-state index is 0.107. The van der Waals surface area contributed by atoms with Gasteiger partial charge >= 0.3 is 12.1 Å². The molecule has 6 rings (SSSR count). The highest BCUT2D eigenvalue weighted by molar-refractivity contribution is 8.01. The molecule has 0 saturated heterocycles. The van der Waals surface area contributed by atoms with Gasteiger partial charge < -0.3 is 15.2 Å². The van der Waals surface area contributed by atoms with E-state index in [0.717, 1.165) is 38.9 Å². The van der Waals surface area contributed by atoms with Gasteiger partial charge in [-0.1, -0.05) is 146 Å². The number of carboxylic acid groups (broad SMARTS) is 1. The molecule has 5 nitrogen and oxygen atoms in total. The average molecular weight is 600 g/mol. The summed E-state index contributed by atoms with van der Waals surface area (Å²) in [4.78, 5) is 25.9. The molecular formula is C38H33NO4S. The first-order valence-electron chi connectivity index (χ1n) is 14.7. The van der Waals surface area contributed by atoms with Crippen molar-refractivity contribution in [1.82, 2.24) is 5.32 Å². The summed E-state index contributed by atoms with van der Waals surface area (Å²) in [5, 5.41) is 12.5. The molecular weight excluding hydrogens is 566 g/mol. The smallest absolute Gasteiger partial charge is 0.407 e. The van der Waals surface area contributed by atoms with Gasteiger partial charge in [0.05, 0.1) is 4.75 Å². The number of thioether (sulfide) groups is 1. The van der Waals surface area contributed by atoms with Crippen LogP contribution in [0.1, 0.15) is 40.7 Å². The highest BCUT2D eigenvalue weighted by Crippen LogP contribution is 2.50. The van der Waals surface area contributed by atoms with Crippen LogP contribution < -0.4 is 5.32 Å². The normalized spacial score (nSPS) is 13.8. The van der Waals surface area contributed by atoms with Crippen LogP contribution in [0, 0.1) is 0 Å². The number of fused-ring (bicyclic) bond motifs is 3. The van der Waals surface area contributed by atoms with Gasteiger partial charge in [-0.25, -0.2) is 9.59 Å². The number of benzene rings is 5. The maximum atomic E-state index is 13.2. The van der Waals surface area contributed by atoms with E-state index in [4.69, 9.17) is 4.74 Å². The van der Waals surface area contributed by atoms with Crippen LogP contribution in [0.15, 0.2) is 140 Å². The SMILES string of the molecule is CC(SC(c1ccccc1)(c1ccccc1)c1ccccc1)[C@H](NC(=O)OCC1c2ccccc2-c2ccccc21)C(=O)O. The van der Waals surface area contributed by atoms with E-state index in [0.29, 0.717) is 0 Å². The van der Waals surface area contributed by atoms with Crippen LogP contribution in [-0.2, 0) is 14.3 Å². The number of nitrogens with one attached hydrogen (secondary N) is 1. The molecule has 0 fully saturated rings. The monoisotopic (exact) mass is 599 g/mol. The third-order valence-electron chi connectivity index (χ3n) is 8.26. The summed E-state index contributed by atoms with van der Waals surface area (Å²) in [6.07, 6.45) is -0.753. The number of hydrogen-bond donors (Lipinski definition) is 2. The number of alkyl carbamates (subject to hydrolysis) is 1. The molecule has 0 spiro atoms. The summed E-state index contributed by atoms with van der Waals surface area (Å²) in [7, 11) is 0. The van der Waals surface area contributed by atoms with Crippen LogP contribution in [0.25, 0.3) is 11.1 Å². The molecule has 0 aliphatic heterocycles. The average Bonchev–Trinajstić information content (AvgIpc) is 3.39. The number of rotatable bonds is 10. The third kappa shape index (κ3) is 5.61. The molecule has 1 unspecified atom stereocenters. The number of amides is 1. The molecule has 220 valence electrons. The molecule has 0 bridgehead atoms. The van der Waals surface area contributed by atoms with E-state index in [-0.39, 0.29) is 12.5 Å². The van der Waals surface area contributed by atoms with Gasteiger partial charge in [0.1, 0.15) is 12.6 Å². The molecule has 1 aliphatic carbocycles. The van der Waals surface area contributed by atoms with Crippen LogP contribution in [0.5, 0.6) is 0 Å². The molecule has 5 aromatic rings. The van der Waals surface area contributed by atoms with Gasteiger partial charge in [0.15, 0.2) is 0 Å². The molecule has 0 saturated carbocycles. The van der Waals surface area contributed by atoms with Crippen LogP contribution in [0.2, 0.25) is 0 Å². The number of carbonyl (C=O) groups excluding carboxylic acids is 1. The van der Waals surface area contributed by atoms with E-state index in [2.05, 4.69) is 66.0 Å². The highest BCUT2D eigenvalue weighted by Gasteiger charge is 2.42. The molecule has 44 heavy (non-hydrogen) atoms. The number of aliphatic carboxylic acids is 1. The van der Waals surface area contributed by atoms with Crippen LogP contribution in [-0.4, -0.2) is 35.1 Å². The largest absolute Gasteiger partial charge is 0.480 e. The Labute approximate surface area is 261 Å². The van der Waals surface area contributed by atoms with Crippen molar-refractivity contribution in [3.63, 3.8) is 0 Å². The van der Waals surface area contributed by atoms with E-state index in [9.17, 15) is 14.7 Å². The van der Waals surface area contributed by atoms with Crippen molar-refractivity contribution in [1.29, 1.82) is 0 Å². The summed E-state index contributed by atoms with van der Waals surface area (Å²) in [6.45, 7) is 1.95. The van der Waals surface area contributed by atoms with Gasteiger partial charge in [0.2, 0.25) is 0 Å². The van der Waals surface area contributed by atoms with Crippen molar-refractivity contribution in [3.05, 3.63) is 167 Å². The predicted molar refractivity (Wildman–Crippen MR) is 176 cm³/mol. The van der Waals surface area contributed by atoms with Crippen LogP contribution >= 0.6 is 11.8 Å². The second-order valence-corrected chi connectivity index (χ2v) is 12.5. The third-order valence-corrected chi connectivity index (χ3v) is 9.96. The van der Waals surface area contributed by atoms with Gasteiger partial charge in [-0.15, -0.1) is 11.8 Å². The maximum Gasteiger partial charge on any atom is 0.407 e. The zero-order valence-electron chi connectivity index (χ0n) is 24.3. The van der Waals surface area contributed by atoms with Gasteiger partial charge in [-0.05, 0) is 38.9 Å². The topological polar surface area (TPSA) is 75.6 Å². The number of ether oxygens (including phenoxy) is 1. The summed E-state index contributed by atoms with van der Waals surface area (Å²) in [6, 6.07) is 45.3. The molecule has 2 atom stereocenters. The number of carbonyl (C=O) groups is 2. The fraction of sp³-hybridized carbons (Fsp3) is 0.158. The van der Waals surface area contributed by atoms with Gasteiger partial charge in [-0.3, -0.25) is 0 Å². The molecule has 2 N–H and O–H groups in total. The first-order chi connectivity index (χ1) is 21.5. The Bertz CT molecular complexity index is 1600. The van der Waals surface area contributed by atoms with Gasteiger partial charge in [0, 0.05) is 11.2 Å². The lowest BCUT2D eigenvalue weighted by molar-refractivity contribution is -0.139. The second kappa shape index (κ2) is 12.8. The van der Waals surface area contributed by atoms with Gasteiger partial charge in [0.25, 0.3) is 0 Å². The summed E-state index contributed by atoms with van der Waals surface area (Å²) in [5.41, 5.74) is 7.49. The standard InChI is InChI=1S/C38H33NO4S/c1-26(44-38(27-15-5-2-6-16-27,28-17-7-3-8-18-28)29-19-9-4-10-20-29)35(36(40)41)39-37(42)43-25-34-32-23-13-11-21-30(32)31-22-12-14-24-33(31)34/h2-24,26,34-35H,25H2,1H3,(H,39,42)(H,40,41)/t26?,35-/m0/s1. The lowest BCUT2D eigenvalue weighted by Crippen LogP contribution is -2.48. The Kier molecular flexibility index (Phi) is 8.53. The summed E-state index contributed by atoms with van der Waals surface area (Å²) < 4.78 is 5.00. The van der Waals surface area contributed by atoms with E-state index < -0.39 is 28.1 Å². The molecule has 6 heteroatoms. The lowest BCUT2D eigenvalue weighted by Gasteiger charge is -2.38. The van der Waals surface area contributed by atoms with Crippen molar-refractivity contribution in [2.24, 2.45) is 0 Å². The second-order valence-electron chi connectivity index (χ2n) is 10.9. The Hall–Kier alpha value is -4.81. The summed E-state index contributed by atoms with van der Waals surface area (Å²) in [5.74, 6) is -1.24. The van der Waals surface area contributed by atoms with Gasteiger partial charge in [-0.2, -0.15) is 0 Å². The molecule has 1 aliphatic rings. The number of carboxylic acids is 1. The molecule has 0 aromatic heterocycles. The fourth-order valence-corrected chi connectivity index (χ4v) is 7.91. The van der Waals surface area contributed by atoms with Crippen molar-refractivity contribution < 1.29 is 19.4 Å². The minimum Gasteiger partial charge on any atom is -0.480 e. The first-order valence-corrected chi connectivity index (χ1v) is 15.6. The van der Waals surface area contributed by atoms with E-state index >= 15 is 0 Å². The van der Waals surface area contributed by atoms with E-state index in [1.54, 1.807) is 0 Å². The summed E-state index contributed by atoms with van der Waals surface area (Å²) >= 11 is 1.50. The van der Waals surface area contributed by atoms with Crippen molar-refractivity contribution in [3.8, 4) is 11.1 Å². The molecule has 5 aromatic carbocycles. The Balaban J connectivity index is 1.26.